The number of carbonyl (C=O) groups is 1. The first-order chi connectivity index (χ1) is 8.75. The number of benzene rings is 1. The van der Waals surface area contributed by atoms with Crippen molar-refractivity contribution in [1.29, 1.82) is 0 Å². The van der Waals surface area contributed by atoms with Crippen molar-refractivity contribution >= 4 is 22.5 Å². The molecule has 4 nitrogen and oxygen atoms in total. The third-order valence-electron chi connectivity index (χ3n) is 4.32. The summed E-state index contributed by atoms with van der Waals surface area (Å²) >= 11 is 0. The third-order valence-corrected chi connectivity index (χ3v) is 4.32. The fourth-order valence-electron chi connectivity index (χ4n) is 3.46. The summed E-state index contributed by atoms with van der Waals surface area (Å²) < 4.78 is 0. The van der Waals surface area contributed by atoms with Crippen LogP contribution in [0.15, 0.2) is 18.2 Å². The van der Waals surface area contributed by atoms with E-state index in [0.29, 0.717) is 11.5 Å². The molecule has 0 radical (unpaired) electrons. The van der Waals surface area contributed by atoms with Crippen molar-refractivity contribution < 1.29 is 4.79 Å². The lowest BCUT2D eigenvalue weighted by atomic mass is 9.87. The third kappa shape index (κ3) is 1.12. The number of para-hydroxylation sites is 1. The van der Waals surface area contributed by atoms with Gasteiger partial charge in [0.2, 0.25) is 0 Å². The van der Waals surface area contributed by atoms with Crippen LogP contribution < -0.4 is 10.6 Å². The predicted molar refractivity (Wildman–Crippen MR) is 71.0 cm³/mol. The molecule has 0 saturated carbocycles. The van der Waals surface area contributed by atoms with Crippen molar-refractivity contribution in [3.05, 3.63) is 29.5 Å². The van der Waals surface area contributed by atoms with Gasteiger partial charge >= 0.3 is 0 Å². The molecule has 0 aliphatic carbocycles. The van der Waals surface area contributed by atoms with E-state index in [4.69, 9.17) is 5.73 Å². The Balaban J connectivity index is 2.07. The molecule has 0 unspecified atom stereocenters. The highest BCUT2D eigenvalue weighted by Crippen LogP contribution is 2.46. The van der Waals surface area contributed by atoms with Crippen LogP contribution in [0.4, 0.5) is 5.69 Å². The number of fused-ring (bicyclic) bond motifs is 3. The largest absolute Gasteiger partial charge is 0.370 e. The van der Waals surface area contributed by atoms with Gasteiger partial charge in [-0.25, -0.2) is 0 Å². The molecule has 1 saturated heterocycles. The van der Waals surface area contributed by atoms with E-state index >= 15 is 0 Å². The molecule has 1 fully saturated rings. The van der Waals surface area contributed by atoms with E-state index in [1.165, 1.54) is 24.2 Å². The molecule has 4 heteroatoms. The van der Waals surface area contributed by atoms with E-state index in [2.05, 4.69) is 16.0 Å². The minimum atomic E-state index is -0.360. The van der Waals surface area contributed by atoms with Crippen LogP contribution in [0.25, 0.3) is 10.9 Å². The average molecular weight is 241 g/mol. The molecule has 92 valence electrons. The number of hydrogen-bond donors (Lipinski definition) is 2. The van der Waals surface area contributed by atoms with E-state index in [1.54, 1.807) is 6.07 Å². The molecule has 4 heterocycles. The van der Waals surface area contributed by atoms with E-state index in [-0.39, 0.29) is 5.91 Å². The Morgan fingerprint density at radius 2 is 2.11 bits per heavy atom. The molecule has 0 spiro atoms. The molecule has 0 atom stereocenters. The van der Waals surface area contributed by atoms with Crippen LogP contribution in [-0.2, 0) is 0 Å². The van der Waals surface area contributed by atoms with Gasteiger partial charge < -0.3 is 15.6 Å². The van der Waals surface area contributed by atoms with Gasteiger partial charge in [-0.3, -0.25) is 4.79 Å². The number of nitrogens with one attached hydrogen (secondary N) is 1. The molecular weight excluding hydrogens is 226 g/mol. The Kier molecular flexibility index (Phi) is 1.82. The van der Waals surface area contributed by atoms with Gasteiger partial charge in [0.05, 0.1) is 16.8 Å². The van der Waals surface area contributed by atoms with Gasteiger partial charge in [0, 0.05) is 30.1 Å². The number of H-pyrrole nitrogens is 1. The summed E-state index contributed by atoms with van der Waals surface area (Å²) in [5.74, 6) is 0.264. The monoisotopic (exact) mass is 241 g/mol. The summed E-state index contributed by atoms with van der Waals surface area (Å²) in [5.41, 5.74) is 9.56. The first-order valence-corrected chi connectivity index (χ1v) is 6.45. The molecule has 3 N–H and O–H groups in total. The van der Waals surface area contributed by atoms with Crippen molar-refractivity contribution in [3.8, 4) is 0 Å². The van der Waals surface area contributed by atoms with E-state index in [9.17, 15) is 4.79 Å². The number of hydrogen-bond acceptors (Lipinski definition) is 2. The van der Waals surface area contributed by atoms with Gasteiger partial charge in [0.25, 0.3) is 5.91 Å². The fourth-order valence-corrected chi connectivity index (χ4v) is 3.46. The molecule has 3 aliphatic heterocycles. The average Bonchev–Trinajstić information content (AvgIpc) is 2.80. The van der Waals surface area contributed by atoms with Gasteiger partial charge in [-0.05, 0) is 18.9 Å². The Morgan fingerprint density at radius 1 is 1.33 bits per heavy atom. The first kappa shape index (κ1) is 10.00. The second-order valence-electron chi connectivity index (χ2n) is 5.24. The van der Waals surface area contributed by atoms with Crippen LogP contribution >= 0.6 is 0 Å². The van der Waals surface area contributed by atoms with Crippen molar-refractivity contribution in [3.63, 3.8) is 0 Å². The molecule has 1 aromatic heterocycles. The topological polar surface area (TPSA) is 62.1 Å². The Bertz CT molecular complexity index is 650. The maximum absolute atomic E-state index is 11.5. The number of anilines is 1. The summed E-state index contributed by atoms with van der Waals surface area (Å²) in [6.07, 6.45) is 2.43. The second-order valence-corrected chi connectivity index (χ2v) is 5.24. The summed E-state index contributed by atoms with van der Waals surface area (Å²) in [7, 11) is 0. The second kappa shape index (κ2) is 3.28. The smallest absolute Gasteiger partial charge is 0.250 e. The Labute approximate surface area is 105 Å². The Morgan fingerprint density at radius 3 is 2.83 bits per heavy atom. The molecule has 1 amide bonds. The lowest BCUT2D eigenvalue weighted by Gasteiger charge is -2.40. The van der Waals surface area contributed by atoms with E-state index < -0.39 is 0 Å². The van der Waals surface area contributed by atoms with Gasteiger partial charge in [-0.15, -0.1) is 0 Å². The lowest BCUT2D eigenvalue weighted by Crippen LogP contribution is -2.38. The number of carbonyl (C=O) groups excluding carboxylic acids is 1. The number of aromatic amines is 1. The number of primary amides is 1. The van der Waals surface area contributed by atoms with E-state index in [0.717, 1.165) is 24.0 Å². The van der Waals surface area contributed by atoms with Crippen LogP contribution in [0.3, 0.4) is 0 Å². The number of aromatic nitrogens is 1. The predicted octanol–water partition coefficient (Wildman–Crippen LogP) is 1.96. The molecule has 3 aliphatic rings. The van der Waals surface area contributed by atoms with Crippen LogP contribution in [0.5, 0.6) is 0 Å². The van der Waals surface area contributed by atoms with Gasteiger partial charge in [-0.2, -0.15) is 0 Å². The van der Waals surface area contributed by atoms with Crippen LogP contribution in [-0.4, -0.2) is 24.0 Å². The van der Waals surface area contributed by atoms with Gasteiger partial charge in [0.15, 0.2) is 0 Å². The highest BCUT2D eigenvalue weighted by atomic mass is 16.1. The molecule has 1 aromatic carbocycles. The number of nitrogens with two attached hydrogens (primary N) is 1. The standard InChI is InChI=1S/C14H15N3O/c15-14(18)10-3-1-2-9-12(10)16-11-8-4-6-17(7-5-8)13(9)11/h1-3,8,16H,4-7H2,(H2,15,18). The number of piperidine rings is 1. The summed E-state index contributed by atoms with van der Waals surface area (Å²) in [5, 5.41) is 1.14. The Hall–Kier alpha value is -1.97. The molecular formula is C14H15N3O. The minimum absolute atomic E-state index is 0.360. The quantitative estimate of drug-likeness (QED) is 0.801. The van der Waals surface area contributed by atoms with Crippen molar-refractivity contribution in [1.82, 2.24) is 4.98 Å². The van der Waals surface area contributed by atoms with Crippen molar-refractivity contribution in [2.24, 2.45) is 5.73 Å². The zero-order chi connectivity index (χ0) is 12.3. The van der Waals surface area contributed by atoms with Crippen LogP contribution in [0.1, 0.15) is 34.8 Å². The zero-order valence-corrected chi connectivity index (χ0v) is 10.1. The summed E-state index contributed by atoms with van der Waals surface area (Å²) in [6.45, 7) is 2.26. The van der Waals surface area contributed by atoms with Gasteiger partial charge in [-0.1, -0.05) is 12.1 Å². The SMILES string of the molecule is NC(=O)c1cccc2c3c([nH]c12)C1CCN3CC1. The normalized spacial score (nSPS) is 18.3. The van der Waals surface area contributed by atoms with Crippen LogP contribution in [0.2, 0.25) is 0 Å². The molecule has 18 heavy (non-hydrogen) atoms. The first-order valence-electron chi connectivity index (χ1n) is 6.45. The number of nitrogens with zero attached hydrogens (tertiary/aromatic N) is 1. The van der Waals surface area contributed by atoms with Crippen molar-refractivity contribution in [2.75, 3.05) is 18.0 Å². The number of amides is 1. The maximum Gasteiger partial charge on any atom is 0.250 e. The van der Waals surface area contributed by atoms with E-state index in [1.807, 2.05) is 6.07 Å². The summed E-state index contributed by atoms with van der Waals surface area (Å²) in [4.78, 5) is 17.4. The highest BCUT2D eigenvalue weighted by molar-refractivity contribution is 6.09. The minimum Gasteiger partial charge on any atom is -0.370 e. The maximum atomic E-state index is 11.5. The fraction of sp³-hybridized carbons (Fsp3) is 0.357. The highest BCUT2D eigenvalue weighted by Gasteiger charge is 2.34. The molecule has 2 aromatic rings. The zero-order valence-electron chi connectivity index (χ0n) is 10.1. The van der Waals surface area contributed by atoms with Gasteiger partial charge in [0.1, 0.15) is 0 Å². The molecule has 5 rings (SSSR count). The summed E-state index contributed by atoms with van der Waals surface area (Å²) in [6, 6.07) is 5.79. The number of rotatable bonds is 1. The van der Waals surface area contributed by atoms with Crippen LogP contribution in [0, 0.1) is 0 Å². The molecule has 2 bridgehead atoms. The lowest BCUT2D eigenvalue weighted by molar-refractivity contribution is 0.100. The van der Waals surface area contributed by atoms with Crippen molar-refractivity contribution in [2.45, 2.75) is 18.8 Å².